The molecule has 0 aliphatic rings. The number of amides is 1. The van der Waals surface area contributed by atoms with E-state index in [-0.39, 0.29) is 23.6 Å². The van der Waals surface area contributed by atoms with Crippen molar-refractivity contribution in [1.82, 2.24) is 0 Å². The lowest BCUT2D eigenvalue weighted by Gasteiger charge is -2.17. The summed E-state index contributed by atoms with van der Waals surface area (Å²) >= 11 is 0. The van der Waals surface area contributed by atoms with E-state index in [1.807, 2.05) is 39.8 Å². The first-order valence-corrected chi connectivity index (χ1v) is 6.26. The number of nitrogens with zero attached hydrogens (tertiary/aromatic N) is 1. The van der Waals surface area contributed by atoms with Crippen molar-refractivity contribution in [3.05, 3.63) is 29.3 Å². The Morgan fingerprint density at radius 3 is 2.53 bits per heavy atom. The summed E-state index contributed by atoms with van der Waals surface area (Å²) in [6.07, 6.45) is 0. The van der Waals surface area contributed by atoms with Gasteiger partial charge in [-0.05, 0) is 24.5 Å². The zero-order valence-electron chi connectivity index (χ0n) is 11.8. The smallest absolute Gasteiger partial charge is 0.227 e. The Balaban J connectivity index is 3.09. The van der Waals surface area contributed by atoms with Crippen molar-refractivity contribution in [3.63, 3.8) is 0 Å². The zero-order valence-corrected chi connectivity index (χ0v) is 11.8. The van der Waals surface area contributed by atoms with Crippen LogP contribution < -0.4 is 11.1 Å². The lowest BCUT2D eigenvalue weighted by molar-refractivity contribution is -0.120. The minimum absolute atomic E-state index is 0.00870. The molecule has 1 unspecified atom stereocenters. The number of anilines is 1. The highest BCUT2D eigenvalue weighted by molar-refractivity contribution is 6.06. The van der Waals surface area contributed by atoms with Crippen molar-refractivity contribution in [2.75, 3.05) is 5.32 Å². The van der Waals surface area contributed by atoms with Crippen LogP contribution in [0.1, 0.15) is 31.9 Å². The Hall–Kier alpha value is -2.04. The van der Waals surface area contributed by atoms with E-state index in [9.17, 15) is 4.79 Å². The molecule has 104 valence electrons. The van der Waals surface area contributed by atoms with Crippen molar-refractivity contribution >= 4 is 17.4 Å². The molecule has 0 fully saturated rings. The molecule has 1 rings (SSSR count). The average Bonchev–Trinajstić information content (AvgIpc) is 2.37. The van der Waals surface area contributed by atoms with Crippen LogP contribution in [0.5, 0.6) is 0 Å². The highest BCUT2D eigenvalue weighted by Gasteiger charge is 2.19. The Labute approximate surface area is 113 Å². The van der Waals surface area contributed by atoms with Crippen molar-refractivity contribution in [3.8, 4) is 0 Å². The Morgan fingerprint density at radius 2 is 2.00 bits per heavy atom. The molecular weight excluding hydrogens is 242 g/mol. The van der Waals surface area contributed by atoms with Crippen LogP contribution in [0.15, 0.2) is 23.4 Å². The second kappa shape index (κ2) is 6.22. The summed E-state index contributed by atoms with van der Waals surface area (Å²) in [4.78, 5) is 12.1. The third-order valence-electron chi connectivity index (χ3n) is 3.31. The van der Waals surface area contributed by atoms with Gasteiger partial charge in [0.1, 0.15) is 0 Å². The first kappa shape index (κ1) is 15.0. The largest absolute Gasteiger partial charge is 0.409 e. The molecule has 1 amide bonds. The maximum Gasteiger partial charge on any atom is 0.227 e. The van der Waals surface area contributed by atoms with E-state index in [4.69, 9.17) is 10.9 Å². The lowest BCUT2D eigenvalue weighted by Crippen LogP contribution is -2.26. The van der Waals surface area contributed by atoms with E-state index >= 15 is 0 Å². The third kappa shape index (κ3) is 3.47. The topological polar surface area (TPSA) is 87.7 Å². The molecule has 19 heavy (non-hydrogen) atoms. The summed E-state index contributed by atoms with van der Waals surface area (Å²) < 4.78 is 0. The van der Waals surface area contributed by atoms with E-state index in [1.54, 1.807) is 6.07 Å². The molecule has 0 aromatic heterocycles. The first-order valence-electron chi connectivity index (χ1n) is 6.26. The average molecular weight is 263 g/mol. The van der Waals surface area contributed by atoms with Crippen LogP contribution >= 0.6 is 0 Å². The van der Waals surface area contributed by atoms with Gasteiger partial charge in [-0.1, -0.05) is 38.1 Å². The minimum Gasteiger partial charge on any atom is -0.409 e. The molecule has 4 N–H and O–H groups in total. The normalized spacial score (nSPS) is 13.4. The van der Waals surface area contributed by atoms with Gasteiger partial charge >= 0.3 is 0 Å². The molecule has 0 bridgehead atoms. The Kier molecular flexibility index (Phi) is 4.92. The number of carbonyl (C=O) groups is 1. The highest BCUT2D eigenvalue weighted by atomic mass is 16.4. The van der Waals surface area contributed by atoms with Crippen LogP contribution in [0.25, 0.3) is 0 Å². The quantitative estimate of drug-likeness (QED) is 0.337. The first-order chi connectivity index (χ1) is 8.88. The molecule has 0 saturated heterocycles. The summed E-state index contributed by atoms with van der Waals surface area (Å²) in [5, 5.41) is 14.7. The number of carbonyl (C=O) groups excluding carboxylic acids is 1. The van der Waals surface area contributed by atoms with E-state index in [0.717, 1.165) is 5.56 Å². The van der Waals surface area contributed by atoms with Crippen LogP contribution in [0, 0.1) is 18.8 Å². The van der Waals surface area contributed by atoms with Gasteiger partial charge in [-0.15, -0.1) is 0 Å². The number of amidine groups is 1. The fourth-order valence-corrected chi connectivity index (χ4v) is 1.71. The van der Waals surface area contributed by atoms with Crippen LogP contribution in [0.3, 0.4) is 0 Å². The fraction of sp³-hybridized carbons (Fsp3) is 0.429. The number of aryl methyl sites for hydroxylation is 1. The van der Waals surface area contributed by atoms with Crippen LogP contribution in [-0.4, -0.2) is 17.0 Å². The second-order valence-electron chi connectivity index (χ2n) is 5.00. The van der Waals surface area contributed by atoms with E-state index in [0.29, 0.717) is 11.3 Å². The van der Waals surface area contributed by atoms with Crippen LogP contribution in [-0.2, 0) is 4.79 Å². The molecule has 0 heterocycles. The van der Waals surface area contributed by atoms with Gasteiger partial charge in [0.2, 0.25) is 5.91 Å². The second-order valence-corrected chi connectivity index (χ2v) is 5.00. The number of hydrogen-bond donors (Lipinski definition) is 3. The predicted octanol–water partition coefficient (Wildman–Crippen LogP) is 2.32. The molecule has 0 aliphatic carbocycles. The van der Waals surface area contributed by atoms with Crippen molar-refractivity contribution < 1.29 is 10.0 Å². The summed E-state index contributed by atoms with van der Waals surface area (Å²) in [5.74, 6) is 0.0518. The monoisotopic (exact) mass is 263 g/mol. The molecule has 5 heteroatoms. The van der Waals surface area contributed by atoms with Crippen molar-refractivity contribution in [2.45, 2.75) is 27.7 Å². The van der Waals surface area contributed by atoms with Gasteiger partial charge < -0.3 is 16.3 Å². The summed E-state index contributed by atoms with van der Waals surface area (Å²) in [6, 6.07) is 5.40. The van der Waals surface area contributed by atoms with Gasteiger partial charge in [-0.2, -0.15) is 0 Å². The maximum atomic E-state index is 12.1. The highest BCUT2D eigenvalue weighted by Crippen LogP contribution is 2.21. The molecule has 0 radical (unpaired) electrons. The molecule has 1 atom stereocenters. The van der Waals surface area contributed by atoms with Gasteiger partial charge in [-0.3, -0.25) is 4.79 Å². The van der Waals surface area contributed by atoms with Gasteiger partial charge in [0, 0.05) is 11.5 Å². The molecule has 5 nitrogen and oxygen atoms in total. The number of hydrogen-bond acceptors (Lipinski definition) is 3. The van der Waals surface area contributed by atoms with Crippen molar-refractivity contribution in [1.29, 1.82) is 0 Å². The van der Waals surface area contributed by atoms with Crippen molar-refractivity contribution in [2.24, 2.45) is 22.7 Å². The third-order valence-corrected chi connectivity index (χ3v) is 3.31. The van der Waals surface area contributed by atoms with Gasteiger partial charge in [-0.25, -0.2) is 0 Å². The standard InChI is InChI=1S/C14H21N3O2/c1-8(2)10(4)14(18)16-11-7-5-6-9(3)12(11)13(15)17-19/h5-8,10,19H,1-4H3,(H2,15,17)(H,16,18). The summed E-state index contributed by atoms with van der Waals surface area (Å²) in [6.45, 7) is 7.70. The van der Waals surface area contributed by atoms with E-state index < -0.39 is 0 Å². The number of oxime groups is 1. The minimum atomic E-state index is -0.111. The molecule has 0 saturated carbocycles. The maximum absolute atomic E-state index is 12.1. The number of benzene rings is 1. The van der Waals surface area contributed by atoms with Gasteiger partial charge in [0.15, 0.2) is 5.84 Å². The lowest BCUT2D eigenvalue weighted by atomic mass is 9.96. The Bertz CT molecular complexity index is 495. The summed E-state index contributed by atoms with van der Waals surface area (Å²) in [7, 11) is 0. The molecule has 1 aromatic rings. The van der Waals surface area contributed by atoms with Crippen LogP contribution in [0.2, 0.25) is 0 Å². The number of nitrogens with one attached hydrogen (secondary N) is 1. The SMILES string of the molecule is Cc1cccc(NC(=O)C(C)C(C)C)c1/C(N)=N/O. The molecular formula is C14H21N3O2. The molecule has 0 aliphatic heterocycles. The zero-order chi connectivity index (χ0) is 14.6. The van der Waals surface area contributed by atoms with E-state index in [2.05, 4.69) is 10.5 Å². The molecule has 1 aromatic carbocycles. The predicted molar refractivity (Wildman–Crippen MR) is 76.3 cm³/mol. The van der Waals surface area contributed by atoms with E-state index in [1.165, 1.54) is 0 Å². The summed E-state index contributed by atoms with van der Waals surface area (Å²) in [5.41, 5.74) is 7.61. The number of nitrogens with two attached hydrogens (primary N) is 1. The Morgan fingerprint density at radius 1 is 1.37 bits per heavy atom. The fourth-order valence-electron chi connectivity index (χ4n) is 1.71. The molecule has 0 spiro atoms. The van der Waals surface area contributed by atoms with Gasteiger partial charge in [0.05, 0.1) is 5.69 Å². The number of rotatable bonds is 4. The van der Waals surface area contributed by atoms with Crippen LogP contribution in [0.4, 0.5) is 5.69 Å². The van der Waals surface area contributed by atoms with Gasteiger partial charge in [0.25, 0.3) is 0 Å².